The van der Waals surface area contributed by atoms with Crippen LogP contribution in [0.4, 0.5) is 0 Å². The summed E-state index contributed by atoms with van der Waals surface area (Å²) in [5.74, 6) is 0. The van der Waals surface area contributed by atoms with Crippen molar-refractivity contribution in [3.8, 4) is 0 Å². The van der Waals surface area contributed by atoms with Gasteiger partial charge in [0.1, 0.15) is 18.3 Å². The SMILES string of the molecule is Cn1cc([C@@H]2O[C@H](CN)C(O)[C@@H]2O)c(=O)[nH]c1=O. The zero-order valence-corrected chi connectivity index (χ0v) is 9.74. The standard InChI is InChI=1S/C10H15N3O5/c1-13-3-4(9(16)12-10(13)17)8-7(15)6(14)5(2-11)18-8/h3,5-8,14-15H,2,11H2,1H3,(H,12,16,17)/t5-,6?,7+,8+/m1/s1. The van der Waals surface area contributed by atoms with Gasteiger partial charge in [0.15, 0.2) is 0 Å². The number of nitrogens with two attached hydrogens (primary N) is 1. The van der Waals surface area contributed by atoms with E-state index in [9.17, 15) is 19.8 Å². The van der Waals surface area contributed by atoms with Gasteiger partial charge in [-0.15, -0.1) is 0 Å². The third-order valence-electron chi connectivity index (χ3n) is 3.04. The highest BCUT2D eigenvalue weighted by atomic mass is 16.5. The van der Waals surface area contributed by atoms with Gasteiger partial charge in [-0.05, 0) is 0 Å². The lowest BCUT2D eigenvalue weighted by Gasteiger charge is -2.14. The van der Waals surface area contributed by atoms with Crippen molar-refractivity contribution in [3.63, 3.8) is 0 Å². The zero-order chi connectivity index (χ0) is 13.4. The van der Waals surface area contributed by atoms with Crippen LogP contribution in [0.3, 0.4) is 0 Å². The highest BCUT2D eigenvalue weighted by molar-refractivity contribution is 5.14. The van der Waals surface area contributed by atoms with Crippen molar-refractivity contribution in [2.24, 2.45) is 12.8 Å². The molecule has 1 fully saturated rings. The molecule has 0 saturated carbocycles. The monoisotopic (exact) mass is 257 g/mol. The van der Waals surface area contributed by atoms with E-state index in [0.29, 0.717) is 0 Å². The van der Waals surface area contributed by atoms with Crippen molar-refractivity contribution in [1.82, 2.24) is 9.55 Å². The summed E-state index contributed by atoms with van der Waals surface area (Å²) in [5, 5.41) is 19.5. The fraction of sp³-hybridized carbons (Fsp3) is 0.600. The molecule has 1 aromatic rings. The van der Waals surface area contributed by atoms with Gasteiger partial charge in [-0.1, -0.05) is 0 Å². The third kappa shape index (κ3) is 1.99. The molecule has 1 unspecified atom stereocenters. The number of nitrogens with one attached hydrogen (secondary N) is 1. The molecular weight excluding hydrogens is 242 g/mol. The van der Waals surface area contributed by atoms with Gasteiger partial charge >= 0.3 is 5.69 Å². The lowest BCUT2D eigenvalue weighted by molar-refractivity contribution is 0.0103. The smallest absolute Gasteiger partial charge is 0.328 e. The minimum atomic E-state index is -1.25. The zero-order valence-electron chi connectivity index (χ0n) is 9.74. The molecule has 100 valence electrons. The molecule has 1 saturated heterocycles. The summed E-state index contributed by atoms with van der Waals surface area (Å²) in [4.78, 5) is 25.0. The molecule has 18 heavy (non-hydrogen) atoms. The lowest BCUT2D eigenvalue weighted by Crippen LogP contribution is -2.36. The van der Waals surface area contributed by atoms with Gasteiger partial charge in [0.05, 0.1) is 11.7 Å². The maximum Gasteiger partial charge on any atom is 0.328 e. The van der Waals surface area contributed by atoms with Crippen molar-refractivity contribution in [2.75, 3.05) is 6.54 Å². The van der Waals surface area contributed by atoms with E-state index in [1.165, 1.54) is 13.2 Å². The Balaban J connectivity index is 2.42. The van der Waals surface area contributed by atoms with E-state index >= 15 is 0 Å². The molecule has 8 heteroatoms. The summed E-state index contributed by atoms with van der Waals surface area (Å²) < 4.78 is 6.50. The Kier molecular flexibility index (Phi) is 3.35. The summed E-state index contributed by atoms with van der Waals surface area (Å²) in [6.07, 6.45) is -2.86. The van der Waals surface area contributed by atoms with Gasteiger partial charge in [0.2, 0.25) is 0 Å². The fourth-order valence-electron chi connectivity index (χ4n) is 1.99. The van der Waals surface area contributed by atoms with Crippen LogP contribution in [0.1, 0.15) is 11.7 Å². The predicted molar refractivity (Wildman–Crippen MR) is 61.0 cm³/mol. The molecule has 2 heterocycles. The molecular formula is C10H15N3O5. The Hall–Kier alpha value is -1.48. The Labute approximate surface area is 102 Å². The van der Waals surface area contributed by atoms with Gasteiger partial charge in [-0.25, -0.2) is 4.79 Å². The number of aliphatic hydroxyl groups excluding tert-OH is 2. The number of hydrogen-bond acceptors (Lipinski definition) is 6. The number of hydrogen-bond donors (Lipinski definition) is 4. The van der Waals surface area contributed by atoms with E-state index in [0.717, 1.165) is 4.57 Å². The van der Waals surface area contributed by atoms with Crippen molar-refractivity contribution in [3.05, 3.63) is 32.6 Å². The topological polar surface area (TPSA) is 131 Å². The largest absolute Gasteiger partial charge is 0.388 e. The number of aromatic nitrogens is 2. The minimum Gasteiger partial charge on any atom is -0.388 e. The van der Waals surface area contributed by atoms with Crippen LogP contribution in [-0.2, 0) is 11.8 Å². The summed E-state index contributed by atoms with van der Waals surface area (Å²) in [6.45, 7) is 0.0262. The fourth-order valence-corrected chi connectivity index (χ4v) is 1.99. The van der Waals surface area contributed by atoms with Crippen LogP contribution < -0.4 is 17.0 Å². The summed E-state index contributed by atoms with van der Waals surface area (Å²) in [7, 11) is 1.46. The van der Waals surface area contributed by atoms with E-state index in [4.69, 9.17) is 10.5 Å². The van der Waals surface area contributed by atoms with Crippen LogP contribution in [0.5, 0.6) is 0 Å². The first-order chi connectivity index (χ1) is 8.45. The van der Waals surface area contributed by atoms with Crippen LogP contribution in [0, 0.1) is 0 Å². The number of rotatable bonds is 2. The van der Waals surface area contributed by atoms with E-state index in [1.807, 2.05) is 0 Å². The first-order valence-electron chi connectivity index (χ1n) is 5.47. The normalized spacial score (nSPS) is 31.8. The molecule has 0 amide bonds. The van der Waals surface area contributed by atoms with Crippen molar-refractivity contribution < 1.29 is 14.9 Å². The summed E-state index contributed by atoms with van der Waals surface area (Å²) in [5.41, 5.74) is 4.26. The molecule has 0 spiro atoms. The highest BCUT2D eigenvalue weighted by Crippen LogP contribution is 2.31. The predicted octanol–water partition coefficient (Wildman–Crippen LogP) is -2.81. The first-order valence-corrected chi connectivity index (χ1v) is 5.47. The molecule has 0 aromatic carbocycles. The van der Waals surface area contributed by atoms with Gasteiger partial charge in [0, 0.05) is 19.8 Å². The van der Waals surface area contributed by atoms with Crippen LogP contribution in [0.25, 0.3) is 0 Å². The maximum atomic E-state index is 11.7. The van der Waals surface area contributed by atoms with Crippen LogP contribution in [0.2, 0.25) is 0 Å². The van der Waals surface area contributed by atoms with Crippen LogP contribution in [0.15, 0.2) is 15.8 Å². The number of ether oxygens (including phenoxy) is 1. The molecule has 0 aliphatic carbocycles. The molecule has 5 N–H and O–H groups in total. The molecule has 0 bridgehead atoms. The number of aliphatic hydroxyl groups is 2. The van der Waals surface area contributed by atoms with Crippen molar-refractivity contribution in [1.29, 1.82) is 0 Å². The van der Waals surface area contributed by atoms with Gasteiger partial charge in [0.25, 0.3) is 5.56 Å². The molecule has 8 nitrogen and oxygen atoms in total. The molecule has 1 aromatic heterocycles. The second kappa shape index (κ2) is 4.65. The van der Waals surface area contributed by atoms with E-state index in [-0.39, 0.29) is 12.1 Å². The average Bonchev–Trinajstić information content (AvgIpc) is 2.61. The maximum absolute atomic E-state index is 11.7. The van der Waals surface area contributed by atoms with Crippen LogP contribution in [-0.4, -0.2) is 44.6 Å². The number of nitrogens with zero attached hydrogens (tertiary/aromatic N) is 1. The van der Waals surface area contributed by atoms with Gasteiger partial charge < -0.3 is 25.3 Å². The Bertz CT molecular complexity index is 551. The van der Waals surface area contributed by atoms with E-state index in [1.54, 1.807) is 0 Å². The Morgan fingerprint density at radius 1 is 1.44 bits per heavy atom. The summed E-state index contributed by atoms with van der Waals surface area (Å²) >= 11 is 0. The van der Waals surface area contributed by atoms with Gasteiger partial charge in [-0.3, -0.25) is 9.78 Å². The van der Waals surface area contributed by atoms with Crippen LogP contribution >= 0.6 is 0 Å². The lowest BCUT2D eigenvalue weighted by atomic mass is 10.0. The number of aromatic amines is 1. The second-order valence-corrected chi connectivity index (χ2v) is 4.27. The molecule has 1 aliphatic rings. The first kappa shape index (κ1) is 13.0. The van der Waals surface area contributed by atoms with E-state index in [2.05, 4.69) is 4.98 Å². The molecule has 2 rings (SSSR count). The number of H-pyrrole nitrogens is 1. The third-order valence-corrected chi connectivity index (χ3v) is 3.04. The molecule has 4 atom stereocenters. The minimum absolute atomic E-state index is 0.0262. The quantitative estimate of drug-likeness (QED) is 0.452. The number of aryl methyl sites for hydroxylation is 1. The van der Waals surface area contributed by atoms with Gasteiger partial charge in [-0.2, -0.15) is 0 Å². The van der Waals surface area contributed by atoms with E-state index < -0.39 is 35.7 Å². The molecule has 0 radical (unpaired) electrons. The Morgan fingerprint density at radius 2 is 2.11 bits per heavy atom. The van der Waals surface area contributed by atoms with Crippen molar-refractivity contribution >= 4 is 0 Å². The van der Waals surface area contributed by atoms with Crippen molar-refractivity contribution in [2.45, 2.75) is 24.4 Å². The Morgan fingerprint density at radius 3 is 2.67 bits per heavy atom. The average molecular weight is 257 g/mol. The second-order valence-electron chi connectivity index (χ2n) is 4.27. The highest BCUT2D eigenvalue weighted by Gasteiger charge is 2.43. The molecule has 1 aliphatic heterocycles. The summed E-state index contributed by atoms with van der Waals surface area (Å²) in [6, 6.07) is 0.